The van der Waals surface area contributed by atoms with E-state index < -0.39 is 5.82 Å². The van der Waals surface area contributed by atoms with Gasteiger partial charge in [-0.05, 0) is 12.1 Å². The van der Waals surface area contributed by atoms with Crippen LogP contribution >= 0.6 is 0 Å². The second-order valence-corrected chi connectivity index (χ2v) is 3.21. The summed E-state index contributed by atoms with van der Waals surface area (Å²) in [6, 6.07) is 9.65. The third-order valence-corrected chi connectivity index (χ3v) is 2.24. The van der Waals surface area contributed by atoms with Crippen molar-refractivity contribution in [1.29, 1.82) is 5.26 Å². The minimum Gasteiger partial charge on any atom is -0.383 e. The average Bonchev–Trinajstić information content (AvgIpc) is 2.30. The van der Waals surface area contributed by atoms with E-state index in [-0.39, 0.29) is 5.82 Å². The number of halogens is 1. The van der Waals surface area contributed by atoms with Crippen LogP contribution in [0, 0.1) is 17.1 Å². The first kappa shape index (κ1) is 10.1. The van der Waals surface area contributed by atoms with Gasteiger partial charge in [-0.1, -0.05) is 18.2 Å². The van der Waals surface area contributed by atoms with Gasteiger partial charge in [0.25, 0.3) is 0 Å². The first-order valence-electron chi connectivity index (χ1n) is 4.63. The lowest BCUT2D eigenvalue weighted by atomic mass is 10.0. The van der Waals surface area contributed by atoms with Gasteiger partial charge in [-0.2, -0.15) is 5.26 Å². The number of aromatic nitrogens is 1. The highest BCUT2D eigenvalue weighted by Gasteiger charge is 2.12. The Morgan fingerprint density at radius 1 is 1.25 bits per heavy atom. The van der Waals surface area contributed by atoms with Crippen LogP contribution in [0.2, 0.25) is 0 Å². The first-order valence-corrected chi connectivity index (χ1v) is 4.63. The molecule has 0 fully saturated rings. The van der Waals surface area contributed by atoms with Gasteiger partial charge in [0.15, 0.2) is 0 Å². The molecule has 0 aliphatic rings. The molecule has 0 aliphatic heterocycles. The smallest absolute Gasteiger partial charge is 0.132 e. The summed E-state index contributed by atoms with van der Waals surface area (Å²) in [5, 5.41) is 8.94. The topological polar surface area (TPSA) is 62.7 Å². The molecule has 0 unspecified atom stereocenters. The van der Waals surface area contributed by atoms with Crippen LogP contribution in [0.1, 0.15) is 5.56 Å². The van der Waals surface area contributed by atoms with Gasteiger partial charge in [-0.25, -0.2) is 9.37 Å². The van der Waals surface area contributed by atoms with E-state index in [0.29, 0.717) is 16.7 Å². The molecule has 0 saturated heterocycles. The zero-order valence-corrected chi connectivity index (χ0v) is 8.31. The van der Waals surface area contributed by atoms with Gasteiger partial charge in [0.05, 0.1) is 11.6 Å². The standard InChI is InChI=1S/C12H8FN3/c13-10-4-2-1-3-9(10)11-8(7-14)5-6-16-12(11)15/h1-6H,(H2,15,16). The second kappa shape index (κ2) is 3.99. The van der Waals surface area contributed by atoms with Gasteiger partial charge >= 0.3 is 0 Å². The van der Waals surface area contributed by atoms with E-state index in [1.807, 2.05) is 6.07 Å². The van der Waals surface area contributed by atoms with Gasteiger partial charge in [0, 0.05) is 17.3 Å². The maximum Gasteiger partial charge on any atom is 0.132 e. The zero-order chi connectivity index (χ0) is 11.5. The molecule has 0 aliphatic carbocycles. The van der Waals surface area contributed by atoms with Crippen molar-refractivity contribution >= 4 is 5.82 Å². The Labute approximate surface area is 92.0 Å². The Kier molecular flexibility index (Phi) is 2.52. The highest BCUT2D eigenvalue weighted by atomic mass is 19.1. The lowest BCUT2D eigenvalue weighted by molar-refractivity contribution is 0.631. The summed E-state index contributed by atoms with van der Waals surface area (Å²) in [4.78, 5) is 3.87. The van der Waals surface area contributed by atoms with E-state index in [0.717, 1.165) is 0 Å². The molecule has 1 aromatic heterocycles. The molecule has 2 rings (SSSR count). The minimum atomic E-state index is -0.418. The number of hydrogen-bond donors (Lipinski definition) is 1. The van der Waals surface area contributed by atoms with Crippen LogP contribution in [0.3, 0.4) is 0 Å². The van der Waals surface area contributed by atoms with Gasteiger partial charge in [0.2, 0.25) is 0 Å². The van der Waals surface area contributed by atoms with E-state index in [1.54, 1.807) is 18.2 Å². The van der Waals surface area contributed by atoms with Crippen LogP contribution in [0.15, 0.2) is 36.5 Å². The van der Waals surface area contributed by atoms with Crippen molar-refractivity contribution in [3.8, 4) is 17.2 Å². The SMILES string of the molecule is N#Cc1ccnc(N)c1-c1ccccc1F. The van der Waals surface area contributed by atoms with Gasteiger partial charge < -0.3 is 5.73 Å². The summed E-state index contributed by atoms with van der Waals surface area (Å²) in [6.07, 6.45) is 1.43. The summed E-state index contributed by atoms with van der Waals surface area (Å²) in [5.74, 6) is -0.261. The maximum atomic E-state index is 13.6. The molecule has 4 heteroatoms. The largest absolute Gasteiger partial charge is 0.383 e. The number of hydrogen-bond acceptors (Lipinski definition) is 3. The Balaban J connectivity index is 2.75. The Bertz CT molecular complexity index is 573. The summed E-state index contributed by atoms with van der Waals surface area (Å²) < 4.78 is 13.6. The van der Waals surface area contributed by atoms with Crippen molar-refractivity contribution < 1.29 is 4.39 Å². The molecule has 3 nitrogen and oxygen atoms in total. The average molecular weight is 213 g/mol. The number of nitrogens with zero attached hydrogens (tertiary/aromatic N) is 2. The molecule has 0 amide bonds. The Hall–Kier alpha value is -2.41. The molecule has 0 spiro atoms. The molecule has 1 heterocycles. The highest BCUT2D eigenvalue weighted by molar-refractivity contribution is 5.79. The summed E-state index contributed by atoms with van der Waals surface area (Å²) in [7, 11) is 0. The van der Waals surface area contributed by atoms with Crippen molar-refractivity contribution in [3.05, 3.63) is 47.9 Å². The van der Waals surface area contributed by atoms with Gasteiger partial charge in [-0.3, -0.25) is 0 Å². The van der Waals surface area contributed by atoms with Gasteiger partial charge in [0.1, 0.15) is 11.6 Å². The number of nitriles is 1. The predicted molar refractivity (Wildman–Crippen MR) is 58.8 cm³/mol. The van der Waals surface area contributed by atoms with E-state index >= 15 is 0 Å². The molecule has 0 radical (unpaired) electrons. The lowest BCUT2D eigenvalue weighted by Gasteiger charge is -2.07. The van der Waals surface area contributed by atoms with Crippen LogP contribution in [0.4, 0.5) is 10.2 Å². The molecule has 78 valence electrons. The molecule has 0 saturated carbocycles. The second-order valence-electron chi connectivity index (χ2n) is 3.21. The molecule has 1 aromatic carbocycles. The predicted octanol–water partition coefficient (Wildman–Crippen LogP) is 2.34. The maximum absolute atomic E-state index is 13.6. The van der Waals surface area contributed by atoms with Crippen molar-refractivity contribution in [1.82, 2.24) is 4.98 Å². The van der Waals surface area contributed by atoms with Crippen molar-refractivity contribution in [3.63, 3.8) is 0 Å². The molecule has 0 atom stereocenters. The van der Waals surface area contributed by atoms with Crippen LogP contribution in [-0.4, -0.2) is 4.98 Å². The molecule has 2 N–H and O–H groups in total. The fourth-order valence-corrected chi connectivity index (χ4v) is 1.52. The Morgan fingerprint density at radius 3 is 2.69 bits per heavy atom. The van der Waals surface area contributed by atoms with Crippen molar-refractivity contribution in [2.75, 3.05) is 5.73 Å². The third kappa shape index (κ3) is 1.59. The van der Waals surface area contributed by atoms with Crippen LogP contribution < -0.4 is 5.73 Å². The van der Waals surface area contributed by atoms with Gasteiger partial charge in [-0.15, -0.1) is 0 Å². The zero-order valence-electron chi connectivity index (χ0n) is 8.31. The highest BCUT2D eigenvalue weighted by Crippen LogP contribution is 2.29. The van der Waals surface area contributed by atoms with E-state index in [4.69, 9.17) is 11.0 Å². The quantitative estimate of drug-likeness (QED) is 0.790. The summed E-state index contributed by atoms with van der Waals surface area (Å²) >= 11 is 0. The van der Waals surface area contributed by atoms with E-state index in [2.05, 4.69) is 4.98 Å². The number of anilines is 1. The normalized spacial score (nSPS) is 9.75. The van der Waals surface area contributed by atoms with Crippen LogP contribution in [0.5, 0.6) is 0 Å². The molecular formula is C12H8FN3. The number of rotatable bonds is 1. The number of benzene rings is 1. The third-order valence-electron chi connectivity index (χ3n) is 2.24. The number of pyridine rings is 1. The number of nitrogens with two attached hydrogens (primary N) is 1. The van der Waals surface area contributed by atoms with Crippen LogP contribution in [-0.2, 0) is 0 Å². The summed E-state index contributed by atoms with van der Waals surface area (Å²) in [5.41, 5.74) is 6.63. The summed E-state index contributed by atoms with van der Waals surface area (Å²) in [6.45, 7) is 0. The monoisotopic (exact) mass is 213 g/mol. The molecular weight excluding hydrogens is 205 g/mol. The van der Waals surface area contributed by atoms with E-state index in [9.17, 15) is 4.39 Å². The number of nitrogen functional groups attached to an aromatic ring is 1. The fraction of sp³-hybridized carbons (Fsp3) is 0. The first-order chi connectivity index (χ1) is 7.74. The van der Waals surface area contributed by atoms with Crippen molar-refractivity contribution in [2.24, 2.45) is 0 Å². The minimum absolute atomic E-state index is 0.157. The van der Waals surface area contributed by atoms with Crippen LogP contribution in [0.25, 0.3) is 11.1 Å². The molecule has 2 aromatic rings. The van der Waals surface area contributed by atoms with E-state index in [1.165, 1.54) is 18.3 Å². The molecule has 16 heavy (non-hydrogen) atoms. The Morgan fingerprint density at radius 2 is 2.00 bits per heavy atom. The molecule has 0 bridgehead atoms. The van der Waals surface area contributed by atoms with Crippen molar-refractivity contribution in [2.45, 2.75) is 0 Å². The lowest BCUT2D eigenvalue weighted by Crippen LogP contribution is -1.98. The fourth-order valence-electron chi connectivity index (χ4n) is 1.52.